The Labute approximate surface area is 119 Å². The van der Waals surface area contributed by atoms with Crippen LogP contribution in [0, 0.1) is 0 Å². The second-order valence-corrected chi connectivity index (χ2v) is 5.80. The molecule has 0 amide bonds. The Hall–Kier alpha value is -0.850. The lowest BCUT2D eigenvalue weighted by Crippen LogP contribution is -2.14. The Morgan fingerprint density at radius 1 is 1.33 bits per heavy atom. The summed E-state index contributed by atoms with van der Waals surface area (Å²) in [6, 6.07) is 3.92. The molecule has 0 atom stereocenters. The van der Waals surface area contributed by atoms with Crippen molar-refractivity contribution in [3.8, 4) is 10.7 Å². The van der Waals surface area contributed by atoms with Crippen molar-refractivity contribution in [1.82, 2.24) is 20.5 Å². The molecule has 6 heteroatoms. The second-order valence-electron chi connectivity index (χ2n) is 3.82. The maximum Gasteiger partial charge on any atom is 0.166 e. The third kappa shape index (κ3) is 3.83. The van der Waals surface area contributed by atoms with Crippen LogP contribution in [0.5, 0.6) is 0 Å². The summed E-state index contributed by atoms with van der Waals surface area (Å²) in [6.07, 6.45) is 3.85. The zero-order valence-electron chi connectivity index (χ0n) is 10.2. The third-order valence-corrected chi connectivity index (χ3v) is 3.88. The Morgan fingerprint density at radius 2 is 2.22 bits per heavy atom. The lowest BCUT2D eigenvalue weighted by molar-refractivity contribution is 0.669. The average molecular weight is 327 g/mol. The predicted octanol–water partition coefficient (Wildman–Crippen LogP) is 2.90. The van der Waals surface area contributed by atoms with Crippen molar-refractivity contribution in [2.24, 2.45) is 0 Å². The highest BCUT2D eigenvalue weighted by molar-refractivity contribution is 9.10. The van der Waals surface area contributed by atoms with Gasteiger partial charge in [-0.2, -0.15) is 0 Å². The lowest BCUT2D eigenvalue weighted by Gasteiger charge is -1.97. The van der Waals surface area contributed by atoms with E-state index in [0.29, 0.717) is 0 Å². The van der Waals surface area contributed by atoms with Gasteiger partial charge in [0.2, 0.25) is 0 Å². The average Bonchev–Trinajstić information content (AvgIpc) is 2.84. The van der Waals surface area contributed by atoms with Crippen LogP contribution in [0.2, 0.25) is 0 Å². The summed E-state index contributed by atoms with van der Waals surface area (Å²) in [5.41, 5.74) is 0.883. The van der Waals surface area contributed by atoms with Gasteiger partial charge in [-0.05, 0) is 47.6 Å². The van der Waals surface area contributed by atoms with Gasteiger partial charge >= 0.3 is 0 Å². The first-order valence-electron chi connectivity index (χ1n) is 5.94. The molecule has 0 unspecified atom stereocenters. The zero-order chi connectivity index (χ0) is 12.8. The molecule has 0 aliphatic rings. The molecule has 0 aliphatic carbocycles. The standard InChI is InChI=1S/C12H15BrN4S/c1-2-14-7-3-4-11-16-17-12(18-11)10-6-5-9(13)8-15-10/h5-6,8,14H,2-4,7H2,1H3. The highest BCUT2D eigenvalue weighted by atomic mass is 79.9. The molecule has 2 aromatic rings. The van der Waals surface area contributed by atoms with Crippen molar-refractivity contribution in [2.75, 3.05) is 13.1 Å². The van der Waals surface area contributed by atoms with Crippen molar-refractivity contribution < 1.29 is 0 Å². The van der Waals surface area contributed by atoms with E-state index in [0.717, 1.165) is 46.1 Å². The molecule has 4 nitrogen and oxygen atoms in total. The Kier molecular flexibility index (Phi) is 5.22. The second kappa shape index (κ2) is 6.92. The van der Waals surface area contributed by atoms with Gasteiger partial charge in [0, 0.05) is 17.1 Å². The molecule has 2 aromatic heterocycles. The number of aryl methyl sites for hydroxylation is 1. The molecule has 0 saturated heterocycles. The molecule has 0 fully saturated rings. The molecular formula is C12H15BrN4S. The molecule has 2 heterocycles. The van der Waals surface area contributed by atoms with Crippen LogP contribution in [0.3, 0.4) is 0 Å². The molecule has 96 valence electrons. The fraction of sp³-hybridized carbons (Fsp3) is 0.417. The van der Waals surface area contributed by atoms with Crippen LogP contribution in [0.4, 0.5) is 0 Å². The van der Waals surface area contributed by atoms with Crippen LogP contribution >= 0.6 is 27.3 Å². The quantitative estimate of drug-likeness (QED) is 0.829. The van der Waals surface area contributed by atoms with Crippen molar-refractivity contribution in [3.63, 3.8) is 0 Å². The van der Waals surface area contributed by atoms with Crippen LogP contribution in [0.1, 0.15) is 18.4 Å². The third-order valence-electron chi connectivity index (χ3n) is 2.41. The highest BCUT2D eigenvalue weighted by Gasteiger charge is 2.07. The fourth-order valence-corrected chi connectivity index (χ4v) is 2.59. The number of nitrogens with one attached hydrogen (secondary N) is 1. The molecule has 0 aliphatic heterocycles. The van der Waals surface area contributed by atoms with E-state index in [2.05, 4.69) is 43.4 Å². The normalized spacial score (nSPS) is 10.8. The summed E-state index contributed by atoms with van der Waals surface area (Å²) in [7, 11) is 0. The van der Waals surface area contributed by atoms with Crippen molar-refractivity contribution in [3.05, 3.63) is 27.8 Å². The molecule has 0 bridgehead atoms. The molecule has 0 radical (unpaired) electrons. The molecule has 1 N–H and O–H groups in total. The van der Waals surface area contributed by atoms with Crippen molar-refractivity contribution >= 4 is 27.3 Å². The van der Waals surface area contributed by atoms with Crippen LogP contribution in [0.15, 0.2) is 22.8 Å². The van der Waals surface area contributed by atoms with E-state index in [1.54, 1.807) is 17.5 Å². The van der Waals surface area contributed by atoms with Gasteiger partial charge in [0.25, 0.3) is 0 Å². The monoisotopic (exact) mass is 326 g/mol. The minimum atomic E-state index is 0.883. The molecule has 0 aromatic carbocycles. The van der Waals surface area contributed by atoms with E-state index in [4.69, 9.17) is 0 Å². The lowest BCUT2D eigenvalue weighted by atomic mass is 10.3. The first-order valence-corrected chi connectivity index (χ1v) is 7.55. The topological polar surface area (TPSA) is 50.7 Å². The maximum absolute atomic E-state index is 4.32. The van der Waals surface area contributed by atoms with Gasteiger partial charge in [0.05, 0.1) is 0 Å². The minimum absolute atomic E-state index is 0.883. The van der Waals surface area contributed by atoms with Gasteiger partial charge in [-0.25, -0.2) is 0 Å². The van der Waals surface area contributed by atoms with Gasteiger partial charge in [-0.15, -0.1) is 10.2 Å². The zero-order valence-corrected chi connectivity index (χ0v) is 12.6. The van der Waals surface area contributed by atoms with Crippen molar-refractivity contribution in [2.45, 2.75) is 19.8 Å². The molecule has 2 rings (SSSR count). The van der Waals surface area contributed by atoms with Crippen LogP contribution in [0.25, 0.3) is 10.7 Å². The number of hydrogen-bond acceptors (Lipinski definition) is 5. The van der Waals surface area contributed by atoms with E-state index in [1.165, 1.54) is 0 Å². The van der Waals surface area contributed by atoms with Gasteiger partial charge in [0.1, 0.15) is 10.7 Å². The van der Waals surface area contributed by atoms with E-state index >= 15 is 0 Å². The smallest absolute Gasteiger partial charge is 0.166 e. The maximum atomic E-state index is 4.32. The minimum Gasteiger partial charge on any atom is -0.317 e. The Balaban J connectivity index is 1.95. The van der Waals surface area contributed by atoms with Gasteiger partial charge in [-0.1, -0.05) is 18.3 Å². The van der Waals surface area contributed by atoms with E-state index in [1.807, 2.05) is 12.1 Å². The largest absolute Gasteiger partial charge is 0.317 e. The summed E-state index contributed by atoms with van der Waals surface area (Å²) < 4.78 is 0.974. The van der Waals surface area contributed by atoms with Gasteiger partial charge in [0.15, 0.2) is 5.01 Å². The molecular weight excluding hydrogens is 312 g/mol. The predicted molar refractivity (Wildman–Crippen MR) is 77.7 cm³/mol. The Bertz CT molecular complexity index is 483. The van der Waals surface area contributed by atoms with E-state index in [-0.39, 0.29) is 0 Å². The summed E-state index contributed by atoms with van der Waals surface area (Å²) >= 11 is 4.99. The first-order chi connectivity index (χ1) is 8.79. The fourth-order valence-electron chi connectivity index (χ4n) is 1.50. The molecule has 0 spiro atoms. The van der Waals surface area contributed by atoms with E-state index in [9.17, 15) is 0 Å². The Morgan fingerprint density at radius 3 is 2.94 bits per heavy atom. The SMILES string of the molecule is CCNCCCc1nnc(-c2ccc(Br)cn2)s1. The number of halogens is 1. The first kappa shape index (κ1) is 13.6. The highest BCUT2D eigenvalue weighted by Crippen LogP contribution is 2.23. The molecule has 18 heavy (non-hydrogen) atoms. The van der Waals surface area contributed by atoms with Crippen LogP contribution in [-0.2, 0) is 6.42 Å². The summed E-state index contributed by atoms with van der Waals surface area (Å²) in [5.74, 6) is 0. The molecule has 0 saturated carbocycles. The van der Waals surface area contributed by atoms with Gasteiger partial charge in [-0.3, -0.25) is 4.98 Å². The van der Waals surface area contributed by atoms with E-state index < -0.39 is 0 Å². The van der Waals surface area contributed by atoms with Gasteiger partial charge < -0.3 is 5.32 Å². The number of pyridine rings is 1. The number of hydrogen-bond donors (Lipinski definition) is 1. The summed E-state index contributed by atoms with van der Waals surface area (Å²) in [5, 5.41) is 13.7. The number of nitrogens with zero attached hydrogens (tertiary/aromatic N) is 3. The van der Waals surface area contributed by atoms with Crippen molar-refractivity contribution in [1.29, 1.82) is 0 Å². The van der Waals surface area contributed by atoms with Crippen LogP contribution in [-0.4, -0.2) is 28.3 Å². The number of rotatable bonds is 6. The summed E-state index contributed by atoms with van der Waals surface area (Å²) in [4.78, 5) is 4.32. The number of aromatic nitrogens is 3. The van der Waals surface area contributed by atoms with Crippen LogP contribution < -0.4 is 5.32 Å². The summed E-state index contributed by atoms with van der Waals surface area (Å²) in [6.45, 7) is 4.16.